The van der Waals surface area contributed by atoms with Crippen LogP contribution in [0.1, 0.15) is 56.6 Å². The van der Waals surface area contributed by atoms with E-state index in [0.717, 1.165) is 24.0 Å². The minimum Gasteiger partial charge on any atom is -0.465 e. The van der Waals surface area contributed by atoms with E-state index < -0.39 is 23.8 Å². The van der Waals surface area contributed by atoms with E-state index >= 15 is 0 Å². The molecular weight excluding hydrogens is 332 g/mol. The van der Waals surface area contributed by atoms with E-state index in [1.54, 1.807) is 13.8 Å². The van der Waals surface area contributed by atoms with E-state index in [9.17, 15) is 14.4 Å². The first-order valence-corrected chi connectivity index (χ1v) is 9.42. The third-order valence-corrected chi connectivity index (χ3v) is 5.02. The van der Waals surface area contributed by atoms with Gasteiger partial charge in [0.2, 0.25) is 0 Å². The summed E-state index contributed by atoms with van der Waals surface area (Å²) in [6.07, 6.45) is 2.94. The summed E-state index contributed by atoms with van der Waals surface area (Å²) in [5.74, 6) is -3.16. The third-order valence-electron chi connectivity index (χ3n) is 5.02. The quantitative estimate of drug-likeness (QED) is 0.549. The Morgan fingerprint density at radius 2 is 1.69 bits per heavy atom. The fourth-order valence-electron chi connectivity index (χ4n) is 3.83. The van der Waals surface area contributed by atoms with Crippen LogP contribution in [0.15, 0.2) is 24.3 Å². The van der Waals surface area contributed by atoms with Crippen LogP contribution in [0.25, 0.3) is 0 Å². The summed E-state index contributed by atoms with van der Waals surface area (Å²) in [5.41, 5.74) is 1.80. The number of hydrogen-bond donors (Lipinski definition) is 0. The van der Waals surface area contributed by atoms with Crippen molar-refractivity contribution in [3.8, 4) is 0 Å². The Labute approximate surface area is 155 Å². The van der Waals surface area contributed by atoms with Crippen molar-refractivity contribution in [1.29, 1.82) is 0 Å². The molecule has 1 fully saturated rings. The highest BCUT2D eigenvalue weighted by atomic mass is 16.6. The molecule has 0 amide bonds. The smallest absolute Gasteiger partial charge is 0.320 e. The minimum absolute atomic E-state index is 0.114. The summed E-state index contributed by atoms with van der Waals surface area (Å²) in [4.78, 5) is 38.1. The molecule has 1 saturated carbocycles. The standard InChI is InChI=1S/C21H28O5/c1-4-25-20(23)19(21(24)26-5-2)18(15-11-7-6-10-14(15)3)16-12-8-9-13-17(16)22/h6-7,10-11,16,18-19H,4-5,8-9,12-13H2,1-3H3/t16-,18+/m1/s1. The zero-order chi connectivity index (χ0) is 19.1. The second-order valence-electron chi connectivity index (χ2n) is 6.68. The molecule has 2 atom stereocenters. The molecule has 1 aromatic rings. The van der Waals surface area contributed by atoms with Crippen molar-refractivity contribution >= 4 is 17.7 Å². The zero-order valence-corrected chi connectivity index (χ0v) is 15.8. The van der Waals surface area contributed by atoms with Crippen molar-refractivity contribution in [2.24, 2.45) is 11.8 Å². The highest BCUT2D eigenvalue weighted by Gasteiger charge is 2.45. The molecule has 5 heteroatoms. The zero-order valence-electron chi connectivity index (χ0n) is 15.8. The maximum atomic E-state index is 12.7. The summed E-state index contributed by atoms with van der Waals surface area (Å²) < 4.78 is 10.4. The van der Waals surface area contributed by atoms with E-state index in [1.807, 2.05) is 31.2 Å². The molecule has 26 heavy (non-hydrogen) atoms. The molecular formula is C21H28O5. The van der Waals surface area contributed by atoms with Gasteiger partial charge in [0.1, 0.15) is 5.78 Å². The number of ether oxygens (including phenoxy) is 2. The molecule has 0 radical (unpaired) electrons. The average molecular weight is 360 g/mol. The molecule has 2 rings (SSSR count). The van der Waals surface area contributed by atoms with Crippen LogP contribution in [-0.2, 0) is 23.9 Å². The Kier molecular flexibility index (Phi) is 7.37. The molecule has 0 spiro atoms. The summed E-state index contributed by atoms with van der Waals surface area (Å²) in [5, 5.41) is 0. The van der Waals surface area contributed by atoms with E-state index in [2.05, 4.69) is 0 Å². The number of aryl methyl sites for hydroxylation is 1. The summed E-state index contributed by atoms with van der Waals surface area (Å²) in [7, 11) is 0. The lowest BCUT2D eigenvalue weighted by Crippen LogP contribution is -2.40. The average Bonchev–Trinajstić information content (AvgIpc) is 2.61. The lowest BCUT2D eigenvalue weighted by molar-refractivity contribution is -0.163. The Balaban J connectivity index is 2.54. The minimum atomic E-state index is -1.12. The van der Waals surface area contributed by atoms with Crippen molar-refractivity contribution in [3.05, 3.63) is 35.4 Å². The molecule has 142 valence electrons. The van der Waals surface area contributed by atoms with Crippen LogP contribution in [0.3, 0.4) is 0 Å². The van der Waals surface area contributed by atoms with Gasteiger partial charge in [0.15, 0.2) is 5.92 Å². The van der Waals surface area contributed by atoms with Crippen LogP contribution in [-0.4, -0.2) is 30.9 Å². The van der Waals surface area contributed by atoms with Gasteiger partial charge in [-0.3, -0.25) is 14.4 Å². The number of rotatable bonds is 7. The van der Waals surface area contributed by atoms with Gasteiger partial charge in [0, 0.05) is 18.3 Å². The first kappa shape index (κ1) is 20.1. The number of Topliss-reactive ketones (excluding diaryl/α,β-unsaturated/α-hetero) is 1. The van der Waals surface area contributed by atoms with Crippen molar-refractivity contribution in [2.45, 2.75) is 52.4 Å². The number of esters is 2. The predicted octanol–water partition coefficient (Wildman–Crippen LogP) is 3.58. The van der Waals surface area contributed by atoms with Gasteiger partial charge in [-0.2, -0.15) is 0 Å². The van der Waals surface area contributed by atoms with Crippen molar-refractivity contribution < 1.29 is 23.9 Å². The van der Waals surface area contributed by atoms with Gasteiger partial charge in [-0.25, -0.2) is 0 Å². The van der Waals surface area contributed by atoms with Crippen LogP contribution in [0.2, 0.25) is 0 Å². The predicted molar refractivity (Wildman–Crippen MR) is 97.6 cm³/mol. The van der Waals surface area contributed by atoms with Gasteiger partial charge in [0.05, 0.1) is 13.2 Å². The fraction of sp³-hybridized carbons (Fsp3) is 0.571. The van der Waals surface area contributed by atoms with Crippen LogP contribution in [0, 0.1) is 18.8 Å². The summed E-state index contributed by atoms with van der Waals surface area (Å²) in [6.45, 7) is 5.69. The maximum Gasteiger partial charge on any atom is 0.320 e. The maximum absolute atomic E-state index is 12.7. The van der Waals surface area contributed by atoms with E-state index in [4.69, 9.17) is 9.47 Å². The van der Waals surface area contributed by atoms with Gasteiger partial charge in [-0.05, 0) is 44.7 Å². The largest absolute Gasteiger partial charge is 0.465 e. The van der Waals surface area contributed by atoms with Crippen molar-refractivity contribution in [2.75, 3.05) is 13.2 Å². The van der Waals surface area contributed by atoms with Crippen molar-refractivity contribution in [1.82, 2.24) is 0 Å². The van der Waals surface area contributed by atoms with Gasteiger partial charge in [0.25, 0.3) is 0 Å². The second kappa shape index (κ2) is 9.51. The molecule has 0 bridgehead atoms. The highest BCUT2D eigenvalue weighted by molar-refractivity contribution is 5.97. The monoisotopic (exact) mass is 360 g/mol. The number of carbonyl (C=O) groups is 3. The second-order valence-corrected chi connectivity index (χ2v) is 6.68. The summed E-state index contributed by atoms with van der Waals surface area (Å²) >= 11 is 0. The van der Waals surface area contributed by atoms with Gasteiger partial charge < -0.3 is 9.47 Å². The highest BCUT2D eigenvalue weighted by Crippen LogP contribution is 2.41. The first-order chi connectivity index (χ1) is 12.5. The van der Waals surface area contributed by atoms with Crippen LogP contribution < -0.4 is 0 Å². The fourth-order valence-corrected chi connectivity index (χ4v) is 3.83. The Hall–Kier alpha value is -2.17. The molecule has 1 aliphatic rings. The van der Waals surface area contributed by atoms with Gasteiger partial charge in [-0.15, -0.1) is 0 Å². The number of carbonyl (C=O) groups excluding carboxylic acids is 3. The molecule has 0 aromatic heterocycles. The first-order valence-electron chi connectivity index (χ1n) is 9.42. The molecule has 1 aromatic carbocycles. The van der Waals surface area contributed by atoms with Crippen LogP contribution in [0.5, 0.6) is 0 Å². The van der Waals surface area contributed by atoms with E-state index in [0.29, 0.717) is 12.8 Å². The molecule has 0 aliphatic heterocycles. The topological polar surface area (TPSA) is 69.7 Å². The number of ketones is 1. The number of benzene rings is 1. The normalized spacial score (nSPS) is 18.5. The van der Waals surface area contributed by atoms with Crippen LogP contribution in [0.4, 0.5) is 0 Å². The molecule has 0 unspecified atom stereocenters. The van der Waals surface area contributed by atoms with E-state index in [1.165, 1.54) is 0 Å². The molecule has 1 aliphatic carbocycles. The van der Waals surface area contributed by atoms with Crippen molar-refractivity contribution in [3.63, 3.8) is 0 Å². The molecule has 5 nitrogen and oxygen atoms in total. The van der Waals surface area contributed by atoms with Crippen LogP contribution >= 0.6 is 0 Å². The van der Waals surface area contributed by atoms with Gasteiger partial charge in [-0.1, -0.05) is 30.7 Å². The Bertz CT molecular complexity index is 634. The Morgan fingerprint density at radius 3 is 2.23 bits per heavy atom. The SMILES string of the molecule is CCOC(=O)C(C(=O)OCC)[C@@H](c1ccccc1C)[C@@H]1CCCCC1=O. The third kappa shape index (κ3) is 4.51. The van der Waals surface area contributed by atoms with E-state index in [-0.39, 0.29) is 24.9 Å². The lowest BCUT2D eigenvalue weighted by atomic mass is 9.69. The Morgan fingerprint density at radius 1 is 1.08 bits per heavy atom. The lowest BCUT2D eigenvalue weighted by Gasteiger charge is -2.34. The molecule has 0 heterocycles. The molecule has 0 N–H and O–H groups in total. The summed E-state index contributed by atoms with van der Waals surface area (Å²) in [6, 6.07) is 7.61. The molecule has 0 saturated heterocycles. The number of hydrogen-bond acceptors (Lipinski definition) is 5. The van der Waals surface area contributed by atoms with Gasteiger partial charge >= 0.3 is 11.9 Å².